The van der Waals surface area contributed by atoms with Gasteiger partial charge in [-0.05, 0) is 30.3 Å². The SMILES string of the molecule is O=C(CSc1ncccn1)Nc1ccc(C(=O)N2CCOCC2)cc1. The Hall–Kier alpha value is -2.45. The van der Waals surface area contributed by atoms with Gasteiger partial charge in [-0.3, -0.25) is 9.59 Å². The normalized spacial score (nSPS) is 14.2. The maximum Gasteiger partial charge on any atom is 0.254 e. The molecule has 0 unspecified atom stereocenters. The largest absolute Gasteiger partial charge is 0.378 e. The van der Waals surface area contributed by atoms with Crippen molar-refractivity contribution in [2.24, 2.45) is 0 Å². The van der Waals surface area contributed by atoms with Crippen LogP contribution in [0.5, 0.6) is 0 Å². The van der Waals surface area contributed by atoms with Crippen molar-refractivity contribution in [3.05, 3.63) is 48.3 Å². The third kappa shape index (κ3) is 5.01. The number of hydrogen-bond acceptors (Lipinski definition) is 6. The van der Waals surface area contributed by atoms with Crippen molar-refractivity contribution in [2.45, 2.75) is 5.16 Å². The number of carbonyl (C=O) groups excluding carboxylic acids is 2. The second kappa shape index (κ2) is 8.59. The number of nitrogens with one attached hydrogen (secondary N) is 1. The summed E-state index contributed by atoms with van der Waals surface area (Å²) in [7, 11) is 0. The molecule has 0 saturated carbocycles. The summed E-state index contributed by atoms with van der Waals surface area (Å²) in [5.74, 6) is 0.0565. The zero-order valence-electron chi connectivity index (χ0n) is 13.6. The summed E-state index contributed by atoms with van der Waals surface area (Å²) in [5, 5.41) is 3.36. The summed E-state index contributed by atoms with van der Waals surface area (Å²) in [4.78, 5) is 34.2. The highest BCUT2D eigenvalue weighted by molar-refractivity contribution is 7.99. The average Bonchev–Trinajstić information content (AvgIpc) is 2.68. The highest BCUT2D eigenvalue weighted by atomic mass is 32.2. The molecular weight excluding hydrogens is 340 g/mol. The molecule has 0 spiro atoms. The molecule has 0 bridgehead atoms. The maximum absolute atomic E-state index is 12.4. The summed E-state index contributed by atoms with van der Waals surface area (Å²) in [6, 6.07) is 8.64. The molecule has 0 radical (unpaired) electrons. The molecule has 1 saturated heterocycles. The van der Waals surface area contributed by atoms with Crippen LogP contribution in [0.2, 0.25) is 0 Å². The molecule has 8 heteroatoms. The first-order valence-electron chi connectivity index (χ1n) is 7.89. The van der Waals surface area contributed by atoms with Gasteiger partial charge in [0.05, 0.1) is 19.0 Å². The number of hydrogen-bond donors (Lipinski definition) is 1. The molecule has 130 valence electrons. The Morgan fingerprint density at radius 1 is 1.12 bits per heavy atom. The van der Waals surface area contributed by atoms with Gasteiger partial charge in [-0.25, -0.2) is 9.97 Å². The van der Waals surface area contributed by atoms with Gasteiger partial charge in [0.25, 0.3) is 5.91 Å². The number of rotatable bonds is 5. The van der Waals surface area contributed by atoms with Crippen LogP contribution < -0.4 is 5.32 Å². The Kier molecular flexibility index (Phi) is 5.97. The number of ether oxygens (including phenoxy) is 1. The van der Waals surface area contributed by atoms with Crippen molar-refractivity contribution in [3.63, 3.8) is 0 Å². The average molecular weight is 358 g/mol. The second-order valence-corrected chi connectivity index (χ2v) is 6.29. The van der Waals surface area contributed by atoms with Crippen LogP contribution in [0.3, 0.4) is 0 Å². The van der Waals surface area contributed by atoms with Crippen molar-refractivity contribution in [1.82, 2.24) is 14.9 Å². The van der Waals surface area contributed by atoms with Gasteiger partial charge in [0, 0.05) is 36.7 Å². The number of nitrogens with zero attached hydrogens (tertiary/aromatic N) is 3. The molecule has 1 aromatic heterocycles. The van der Waals surface area contributed by atoms with Gasteiger partial charge in [0.2, 0.25) is 5.91 Å². The topological polar surface area (TPSA) is 84.4 Å². The standard InChI is InChI=1S/C17H18N4O3S/c22-15(12-25-17-18-6-1-7-19-17)20-14-4-2-13(3-5-14)16(23)21-8-10-24-11-9-21/h1-7H,8-12H2,(H,20,22). The third-order valence-electron chi connectivity index (χ3n) is 3.59. The minimum Gasteiger partial charge on any atom is -0.378 e. The molecule has 2 amide bonds. The molecule has 1 fully saturated rings. The van der Waals surface area contributed by atoms with Gasteiger partial charge in [-0.1, -0.05) is 11.8 Å². The van der Waals surface area contributed by atoms with Gasteiger partial charge in [0.15, 0.2) is 5.16 Å². The Morgan fingerprint density at radius 2 is 1.80 bits per heavy atom. The van der Waals surface area contributed by atoms with E-state index in [4.69, 9.17) is 4.74 Å². The molecule has 1 aliphatic rings. The lowest BCUT2D eigenvalue weighted by Gasteiger charge is -2.26. The van der Waals surface area contributed by atoms with E-state index in [9.17, 15) is 9.59 Å². The molecule has 3 rings (SSSR count). The van der Waals surface area contributed by atoms with Crippen molar-refractivity contribution >= 4 is 29.3 Å². The highest BCUT2D eigenvalue weighted by Gasteiger charge is 2.18. The fourth-order valence-electron chi connectivity index (χ4n) is 2.33. The summed E-state index contributed by atoms with van der Waals surface area (Å²) in [5.41, 5.74) is 1.25. The molecule has 2 heterocycles. The van der Waals surface area contributed by atoms with Crippen molar-refractivity contribution < 1.29 is 14.3 Å². The Balaban J connectivity index is 1.51. The van der Waals surface area contributed by atoms with Gasteiger partial charge >= 0.3 is 0 Å². The quantitative estimate of drug-likeness (QED) is 0.647. The lowest BCUT2D eigenvalue weighted by atomic mass is 10.1. The van der Waals surface area contributed by atoms with Crippen LogP contribution in [-0.2, 0) is 9.53 Å². The molecule has 1 aliphatic heterocycles. The zero-order chi connectivity index (χ0) is 17.5. The number of anilines is 1. The van der Waals surface area contributed by atoms with Crippen LogP contribution in [0.4, 0.5) is 5.69 Å². The van der Waals surface area contributed by atoms with Gasteiger partial charge in [-0.2, -0.15) is 0 Å². The first-order valence-corrected chi connectivity index (χ1v) is 8.88. The van der Waals surface area contributed by atoms with Crippen molar-refractivity contribution in [1.29, 1.82) is 0 Å². The molecule has 1 aromatic carbocycles. The van der Waals surface area contributed by atoms with E-state index in [2.05, 4.69) is 15.3 Å². The third-order valence-corrected chi connectivity index (χ3v) is 4.46. The molecule has 7 nitrogen and oxygen atoms in total. The molecule has 25 heavy (non-hydrogen) atoms. The summed E-state index contributed by atoms with van der Waals surface area (Å²) < 4.78 is 5.25. The van der Waals surface area contributed by atoms with E-state index in [-0.39, 0.29) is 17.6 Å². The summed E-state index contributed by atoms with van der Waals surface area (Å²) >= 11 is 1.27. The Labute approximate surface area is 149 Å². The number of benzene rings is 1. The van der Waals surface area contributed by atoms with E-state index in [1.165, 1.54) is 11.8 Å². The van der Waals surface area contributed by atoms with Crippen molar-refractivity contribution in [3.8, 4) is 0 Å². The molecular formula is C17H18N4O3S. The van der Waals surface area contributed by atoms with E-state index < -0.39 is 0 Å². The molecule has 2 aromatic rings. The maximum atomic E-state index is 12.4. The number of aromatic nitrogens is 2. The smallest absolute Gasteiger partial charge is 0.254 e. The van der Waals surface area contributed by atoms with Crippen LogP contribution in [0.15, 0.2) is 47.9 Å². The fourth-order valence-corrected chi connectivity index (χ4v) is 2.94. The van der Waals surface area contributed by atoms with Crippen molar-refractivity contribution in [2.75, 3.05) is 37.4 Å². The molecule has 0 atom stereocenters. The number of amides is 2. The lowest BCUT2D eigenvalue weighted by molar-refractivity contribution is -0.113. The van der Waals surface area contributed by atoms with Gasteiger partial charge in [0.1, 0.15) is 0 Å². The first kappa shape index (κ1) is 17.4. The van der Waals surface area contributed by atoms with Crippen LogP contribution in [0.1, 0.15) is 10.4 Å². The number of thioether (sulfide) groups is 1. The Bertz CT molecular complexity index is 718. The monoisotopic (exact) mass is 358 g/mol. The minimum atomic E-state index is -0.148. The molecule has 1 N–H and O–H groups in total. The van der Waals surface area contributed by atoms with E-state index in [0.29, 0.717) is 42.7 Å². The van der Waals surface area contributed by atoms with Gasteiger partial charge in [-0.15, -0.1) is 0 Å². The summed E-state index contributed by atoms with van der Waals surface area (Å²) in [6.07, 6.45) is 3.27. The predicted molar refractivity (Wildman–Crippen MR) is 94.6 cm³/mol. The minimum absolute atomic E-state index is 0.0158. The van der Waals surface area contributed by atoms with Crippen LogP contribution >= 0.6 is 11.8 Å². The van der Waals surface area contributed by atoms with E-state index in [1.54, 1.807) is 47.6 Å². The van der Waals surface area contributed by atoms with Crippen LogP contribution in [0, 0.1) is 0 Å². The highest BCUT2D eigenvalue weighted by Crippen LogP contribution is 2.15. The zero-order valence-corrected chi connectivity index (χ0v) is 14.4. The molecule has 0 aliphatic carbocycles. The number of carbonyl (C=O) groups is 2. The van der Waals surface area contributed by atoms with E-state index in [0.717, 1.165) is 0 Å². The number of morpholine rings is 1. The van der Waals surface area contributed by atoms with Crippen LogP contribution in [0.25, 0.3) is 0 Å². The van der Waals surface area contributed by atoms with Crippen LogP contribution in [-0.4, -0.2) is 58.7 Å². The predicted octanol–water partition coefficient (Wildman–Crippen LogP) is 1.68. The first-order chi connectivity index (χ1) is 12.2. The fraction of sp³-hybridized carbons (Fsp3) is 0.294. The van der Waals surface area contributed by atoms with E-state index >= 15 is 0 Å². The lowest BCUT2D eigenvalue weighted by Crippen LogP contribution is -2.40. The second-order valence-electron chi connectivity index (χ2n) is 5.35. The van der Waals surface area contributed by atoms with E-state index in [1.807, 2.05) is 0 Å². The Morgan fingerprint density at radius 3 is 2.48 bits per heavy atom. The summed E-state index contributed by atoms with van der Waals surface area (Å²) in [6.45, 7) is 2.36. The van der Waals surface area contributed by atoms with Gasteiger partial charge < -0.3 is 15.0 Å².